The zero-order valence-corrected chi connectivity index (χ0v) is 16.3. The van der Waals surface area contributed by atoms with Crippen molar-refractivity contribution in [2.75, 3.05) is 18.4 Å². The van der Waals surface area contributed by atoms with Crippen LogP contribution in [0.15, 0.2) is 52.9 Å². The van der Waals surface area contributed by atoms with Crippen LogP contribution in [0, 0.1) is 10.1 Å². The largest absolute Gasteiger partial charge is 0.449 e. The second-order valence-electron chi connectivity index (χ2n) is 7.27. The number of rotatable bonds is 4. The molecule has 8 nitrogen and oxygen atoms in total. The maximum atomic E-state index is 13.2. The number of nitro groups is 1. The van der Waals surface area contributed by atoms with E-state index in [2.05, 4.69) is 5.32 Å². The minimum atomic E-state index is -0.525. The Morgan fingerprint density at radius 3 is 2.30 bits per heavy atom. The number of nitro benzene ring substituents is 1. The van der Waals surface area contributed by atoms with E-state index in [1.807, 2.05) is 0 Å². The van der Waals surface area contributed by atoms with Crippen molar-refractivity contribution in [1.82, 2.24) is 4.90 Å². The van der Waals surface area contributed by atoms with E-state index < -0.39 is 10.8 Å². The smallest absolute Gasteiger partial charge is 0.291 e. The van der Waals surface area contributed by atoms with Crippen LogP contribution in [0.2, 0.25) is 0 Å². The van der Waals surface area contributed by atoms with Gasteiger partial charge in [0.1, 0.15) is 11.3 Å². The predicted molar refractivity (Wildman–Crippen MR) is 112 cm³/mol. The van der Waals surface area contributed by atoms with Crippen molar-refractivity contribution < 1.29 is 18.9 Å². The Balaban J connectivity index is 1.67. The molecule has 3 aromatic rings. The molecule has 2 amide bonds. The van der Waals surface area contributed by atoms with E-state index in [-0.39, 0.29) is 22.9 Å². The van der Waals surface area contributed by atoms with Crippen LogP contribution in [-0.2, 0) is 0 Å². The average molecular weight is 407 g/mol. The average Bonchev–Trinajstić information content (AvgIpc) is 2.92. The third kappa shape index (κ3) is 3.89. The van der Waals surface area contributed by atoms with Gasteiger partial charge in [0.25, 0.3) is 17.5 Å². The Bertz CT molecular complexity index is 1100. The van der Waals surface area contributed by atoms with Crippen molar-refractivity contribution in [3.05, 3.63) is 70.0 Å². The van der Waals surface area contributed by atoms with Crippen LogP contribution in [0.4, 0.5) is 11.4 Å². The number of fused-ring (bicyclic) bond motifs is 1. The molecule has 1 fully saturated rings. The van der Waals surface area contributed by atoms with Crippen LogP contribution in [0.1, 0.15) is 46.6 Å². The molecule has 2 heterocycles. The second-order valence-corrected chi connectivity index (χ2v) is 7.27. The Kier molecular flexibility index (Phi) is 5.47. The standard InChI is InChI=1S/C22H21N3O5/c26-21(15-9-11-16(12-10-15)25(28)29)23-19-17-7-3-4-8-18(17)30-20(19)22(27)24-13-5-1-2-6-14-24/h3-4,7-12H,1-2,5-6,13-14H2,(H,23,26). The number of likely N-dealkylation sites (tertiary alicyclic amines) is 1. The number of benzene rings is 2. The van der Waals surface area contributed by atoms with E-state index in [0.717, 1.165) is 25.7 Å². The predicted octanol–water partition coefficient (Wildman–Crippen LogP) is 4.61. The van der Waals surface area contributed by atoms with E-state index in [0.29, 0.717) is 29.7 Å². The third-order valence-corrected chi connectivity index (χ3v) is 5.26. The minimum absolute atomic E-state index is 0.0997. The Hall–Kier alpha value is -3.68. The van der Waals surface area contributed by atoms with Gasteiger partial charge < -0.3 is 14.6 Å². The summed E-state index contributed by atoms with van der Waals surface area (Å²) in [5, 5.41) is 14.2. The first-order chi connectivity index (χ1) is 14.5. The molecule has 0 spiro atoms. The van der Waals surface area contributed by atoms with Gasteiger partial charge in [-0.05, 0) is 37.1 Å². The second kappa shape index (κ2) is 8.36. The molecule has 0 bridgehead atoms. The summed E-state index contributed by atoms with van der Waals surface area (Å²) in [5.74, 6) is -0.609. The topological polar surface area (TPSA) is 106 Å². The summed E-state index contributed by atoms with van der Waals surface area (Å²) in [6.45, 7) is 1.32. The van der Waals surface area contributed by atoms with E-state index in [9.17, 15) is 19.7 Å². The molecule has 1 aliphatic rings. The van der Waals surface area contributed by atoms with E-state index in [4.69, 9.17) is 4.42 Å². The van der Waals surface area contributed by atoms with Gasteiger partial charge >= 0.3 is 0 Å². The lowest BCUT2D eigenvalue weighted by molar-refractivity contribution is -0.384. The highest BCUT2D eigenvalue weighted by Gasteiger charge is 2.27. The number of hydrogen-bond acceptors (Lipinski definition) is 5. The maximum Gasteiger partial charge on any atom is 0.291 e. The van der Waals surface area contributed by atoms with Gasteiger partial charge in [0.15, 0.2) is 0 Å². The summed E-state index contributed by atoms with van der Waals surface area (Å²) in [6.07, 6.45) is 4.06. The number of carbonyl (C=O) groups excluding carboxylic acids is 2. The van der Waals surface area contributed by atoms with Crippen LogP contribution >= 0.6 is 0 Å². The first-order valence-electron chi connectivity index (χ1n) is 9.91. The lowest BCUT2D eigenvalue weighted by Gasteiger charge is -2.19. The van der Waals surface area contributed by atoms with Gasteiger partial charge in [-0.3, -0.25) is 19.7 Å². The Morgan fingerprint density at radius 1 is 0.967 bits per heavy atom. The molecule has 1 saturated heterocycles. The van der Waals surface area contributed by atoms with Gasteiger partial charge in [0, 0.05) is 36.2 Å². The van der Waals surface area contributed by atoms with Crippen LogP contribution in [0.3, 0.4) is 0 Å². The monoisotopic (exact) mass is 407 g/mol. The highest BCUT2D eigenvalue weighted by atomic mass is 16.6. The molecule has 4 rings (SSSR count). The lowest BCUT2D eigenvalue weighted by atomic mass is 10.1. The number of carbonyl (C=O) groups is 2. The summed E-state index contributed by atoms with van der Waals surface area (Å²) in [7, 11) is 0. The molecule has 30 heavy (non-hydrogen) atoms. The fourth-order valence-corrected chi connectivity index (χ4v) is 3.66. The zero-order chi connectivity index (χ0) is 21.1. The van der Waals surface area contributed by atoms with Crippen molar-refractivity contribution in [2.24, 2.45) is 0 Å². The Morgan fingerprint density at radius 2 is 1.63 bits per heavy atom. The van der Waals surface area contributed by atoms with Gasteiger partial charge in [0.05, 0.1) is 4.92 Å². The Labute approximate surface area is 172 Å². The number of hydrogen-bond donors (Lipinski definition) is 1. The lowest BCUT2D eigenvalue weighted by Crippen LogP contribution is -2.32. The van der Waals surface area contributed by atoms with Crippen LogP contribution in [0.25, 0.3) is 11.0 Å². The molecular formula is C22H21N3O5. The molecule has 1 aliphatic heterocycles. The summed E-state index contributed by atoms with van der Waals surface area (Å²) < 4.78 is 5.85. The molecule has 2 aromatic carbocycles. The van der Waals surface area contributed by atoms with Crippen molar-refractivity contribution in [3.63, 3.8) is 0 Å². The number of para-hydroxylation sites is 1. The van der Waals surface area contributed by atoms with Crippen LogP contribution in [0.5, 0.6) is 0 Å². The van der Waals surface area contributed by atoms with Gasteiger partial charge in [0.2, 0.25) is 5.76 Å². The van der Waals surface area contributed by atoms with Gasteiger partial charge in [-0.1, -0.05) is 25.0 Å². The fourth-order valence-electron chi connectivity index (χ4n) is 3.66. The van der Waals surface area contributed by atoms with E-state index in [1.165, 1.54) is 24.3 Å². The van der Waals surface area contributed by atoms with Crippen molar-refractivity contribution >= 4 is 34.2 Å². The van der Waals surface area contributed by atoms with Crippen LogP contribution in [-0.4, -0.2) is 34.7 Å². The van der Waals surface area contributed by atoms with Gasteiger partial charge in [-0.25, -0.2) is 0 Å². The molecule has 8 heteroatoms. The molecule has 0 unspecified atom stereocenters. The molecular weight excluding hydrogens is 386 g/mol. The first-order valence-corrected chi connectivity index (χ1v) is 9.91. The zero-order valence-electron chi connectivity index (χ0n) is 16.3. The third-order valence-electron chi connectivity index (χ3n) is 5.26. The number of furan rings is 1. The van der Waals surface area contributed by atoms with Crippen molar-refractivity contribution in [3.8, 4) is 0 Å². The summed E-state index contributed by atoms with van der Waals surface area (Å²) in [5.41, 5.74) is 0.981. The van der Waals surface area contributed by atoms with E-state index in [1.54, 1.807) is 29.2 Å². The number of nitrogens with one attached hydrogen (secondary N) is 1. The number of non-ortho nitro benzene ring substituents is 1. The maximum absolute atomic E-state index is 13.2. The minimum Gasteiger partial charge on any atom is -0.449 e. The molecule has 0 atom stereocenters. The number of anilines is 1. The highest BCUT2D eigenvalue weighted by molar-refractivity contribution is 6.14. The summed E-state index contributed by atoms with van der Waals surface area (Å²) in [4.78, 5) is 38.1. The van der Waals surface area contributed by atoms with Gasteiger partial charge in [-0.2, -0.15) is 0 Å². The fraction of sp³-hybridized carbons (Fsp3) is 0.273. The number of amides is 2. The van der Waals surface area contributed by atoms with Crippen molar-refractivity contribution in [2.45, 2.75) is 25.7 Å². The van der Waals surface area contributed by atoms with Crippen molar-refractivity contribution in [1.29, 1.82) is 0 Å². The molecule has 154 valence electrons. The molecule has 0 radical (unpaired) electrons. The molecule has 1 aromatic heterocycles. The normalized spacial score (nSPS) is 14.3. The molecule has 0 saturated carbocycles. The van der Waals surface area contributed by atoms with Crippen LogP contribution < -0.4 is 5.32 Å². The highest BCUT2D eigenvalue weighted by Crippen LogP contribution is 2.32. The van der Waals surface area contributed by atoms with E-state index >= 15 is 0 Å². The molecule has 1 N–H and O–H groups in total. The first kappa shape index (κ1) is 19.6. The molecule has 0 aliphatic carbocycles. The summed E-state index contributed by atoms with van der Waals surface area (Å²) in [6, 6.07) is 12.4. The SMILES string of the molecule is O=C(Nc1c(C(=O)N2CCCCCC2)oc2ccccc12)c1ccc([N+](=O)[O-])cc1. The number of nitrogens with zero attached hydrogens (tertiary/aromatic N) is 2. The quantitative estimate of drug-likeness (QED) is 0.502. The van der Waals surface area contributed by atoms with Gasteiger partial charge in [-0.15, -0.1) is 0 Å². The summed E-state index contributed by atoms with van der Waals surface area (Å²) >= 11 is 0.